The average Bonchev–Trinajstić information content (AvgIpc) is 3.11. The molecule has 0 saturated heterocycles. The summed E-state index contributed by atoms with van der Waals surface area (Å²) in [6.45, 7) is 0.590. The number of nitrogens with one attached hydrogen (secondary N) is 2. The number of hydrogen-bond acceptors (Lipinski definition) is 5. The molecule has 0 aliphatic heterocycles. The number of imidazole rings is 2. The number of aromatic nitrogens is 6. The van der Waals surface area contributed by atoms with Gasteiger partial charge in [-0.25, -0.2) is 19.9 Å². The predicted molar refractivity (Wildman–Crippen MR) is 74.2 cm³/mol. The summed E-state index contributed by atoms with van der Waals surface area (Å²) in [6.07, 6.45) is 7.07. The first kappa shape index (κ1) is 10.9. The van der Waals surface area contributed by atoms with Crippen molar-refractivity contribution in [3.05, 3.63) is 48.9 Å². The van der Waals surface area contributed by atoms with E-state index in [1.54, 1.807) is 6.33 Å². The molecule has 0 bridgehead atoms. The van der Waals surface area contributed by atoms with Crippen LogP contribution in [0.15, 0.2) is 43.2 Å². The van der Waals surface area contributed by atoms with E-state index in [0.717, 1.165) is 22.7 Å². The maximum atomic E-state index is 4.53. The number of aromatic amines is 1. The molecule has 2 N–H and O–H groups in total. The van der Waals surface area contributed by atoms with E-state index in [4.69, 9.17) is 0 Å². The average molecular weight is 265 g/mol. The summed E-state index contributed by atoms with van der Waals surface area (Å²) in [5, 5.41) is 3.25. The molecule has 4 heterocycles. The quantitative estimate of drug-likeness (QED) is 0.588. The molecule has 0 amide bonds. The number of hydrogen-bond donors (Lipinski definition) is 2. The highest BCUT2D eigenvalue weighted by atomic mass is 15.1. The molecule has 98 valence electrons. The van der Waals surface area contributed by atoms with Crippen molar-refractivity contribution in [1.82, 2.24) is 29.3 Å². The monoisotopic (exact) mass is 265 g/mol. The molecule has 0 aromatic carbocycles. The maximum Gasteiger partial charge on any atom is 0.182 e. The summed E-state index contributed by atoms with van der Waals surface area (Å²) in [5.74, 6) is 0.726. The SMILES string of the molecule is c1ccn2cc(CNc3ncnc4nc[nH]c34)nc2c1. The molecular formula is C13H11N7. The lowest BCUT2D eigenvalue weighted by atomic mass is 10.4. The Morgan fingerprint density at radius 2 is 2.20 bits per heavy atom. The Kier molecular flexibility index (Phi) is 2.35. The molecule has 0 aliphatic carbocycles. The number of anilines is 1. The van der Waals surface area contributed by atoms with E-state index < -0.39 is 0 Å². The van der Waals surface area contributed by atoms with Gasteiger partial charge in [-0.1, -0.05) is 6.07 Å². The number of rotatable bonds is 3. The number of nitrogens with zero attached hydrogens (tertiary/aromatic N) is 5. The van der Waals surface area contributed by atoms with Gasteiger partial charge in [0.1, 0.15) is 17.5 Å². The molecule has 7 heteroatoms. The summed E-state index contributed by atoms with van der Waals surface area (Å²) < 4.78 is 1.99. The van der Waals surface area contributed by atoms with Crippen LogP contribution < -0.4 is 5.32 Å². The maximum absolute atomic E-state index is 4.53. The first-order valence-electron chi connectivity index (χ1n) is 6.21. The van der Waals surface area contributed by atoms with Crippen LogP contribution in [0.1, 0.15) is 5.69 Å². The van der Waals surface area contributed by atoms with E-state index in [0.29, 0.717) is 12.2 Å². The minimum Gasteiger partial charge on any atom is -0.362 e. The third-order valence-corrected chi connectivity index (χ3v) is 3.07. The molecule has 0 spiro atoms. The Morgan fingerprint density at radius 1 is 1.20 bits per heavy atom. The Labute approximate surface area is 113 Å². The molecule has 4 aromatic rings. The largest absolute Gasteiger partial charge is 0.362 e. The van der Waals surface area contributed by atoms with Gasteiger partial charge in [0, 0.05) is 12.4 Å². The van der Waals surface area contributed by atoms with Crippen molar-refractivity contribution in [2.24, 2.45) is 0 Å². The van der Waals surface area contributed by atoms with Gasteiger partial charge in [0.25, 0.3) is 0 Å². The van der Waals surface area contributed by atoms with Gasteiger partial charge in [0.2, 0.25) is 0 Å². The molecule has 20 heavy (non-hydrogen) atoms. The fourth-order valence-electron chi connectivity index (χ4n) is 2.15. The van der Waals surface area contributed by atoms with E-state index in [1.807, 2.05) is 35.0 Å². The highest BCUT2D eigenvalue weighted by molar-refractivity contribution is 5.81. The Hall–Kier alpha value is -2.96. The van der Waals surface area contributed by atoms with Gasteiger partial charge in [-0.05, 0) is 12.1 Å². The van der Waals surface area contributed by atoms with Gasteiger partial charge in [-0.2, -0.15) is 0 Å². The van der Waals surface area contributed by atoms with Crippen LogP contribution in [0.3, 0.4) is 0 Å². The highest BCUT2D eigenvalue weighted by Crippen LogP contribution is 2.15. The van der Waals surface area contributed by atoms with Crippen molar-refractivity contribution in [3.63, 3.8) is 0 Å². The van der Waals surface area contributed by atoms with Crippen molar-refractivity contribution >= 4 is 22.6 Å². The van der Waals surface area contributed by atoms with Gasteiger partial charge in [-0.3, -0.25) is 0 Å². The molecule has 4 rings (SSSR count). The second-order valence-corrected chi connectivity index (χ2v) is 4.38. The van der Waals surface area contributed by atoms with Crippen LogP contribution in [0, 0.1) is 0 Å². The van der Waals surface area contributed by atoms with Crippen LogP contribution in [-0.2, 0) is 6.54 Å². The summed E-state index contributed by atoms with van der Waals surface area (Å²) in [4.78, 5) is 20.0. The summed E-state index contributed by atoms with van der Waals surface area (Å²) in [6, 6.07) is 5.92. The van der Waals surface area contributed by atoms with Gasteiger partial charge in [-0.15, -0.1) is 0 Å². The van der Waals surface area contributed by atoms with Crippen LogP contribution in [-0.4, -0.2) is 29.3 Å². The zero-order valence-corrected chi connectivity index (χ0v) is 10.5. The van der Waals surface area contributed by atoms with Crippen LogP contribution in [0.2, 0.25) is 0 Å². The molecule has 0 radical (unpaired) electrons. The first-order valence-corrected chi connectivity index (χ1v) is 6.21. The highest BCUT2D eigenvalue weighted by Gasteiger charge is 2.06. The van der Waals surface area contributed by atoms with Crippen molar-refractivity contribution in [3.8, 4) is 0 Å². The predicted octanol–water partition coefficient (Wildman–Crippen LogP) is 1.61. The van der Waals surface area contributed by atoms with E-state index in [9.17, 15) is 0 Å². The Balaban J connectivity index is 1.62. The molecule has 0 saturated carbocycles. The zero-order valence-electron chi connectivity index (χ0n) is 10.5. The summed E-state index contributed by atoms with van der Waals surface area (Å²) in [7, 11) is 0. The van der Waals surface area contributed by atoms with E-state index in [1.165, 1.54) is 6.33 Å². The number of pyridine rings is 1. The summed E-state index contributed by atoms with van der Waals surface area (Å²) in [5.41, 5.74) is 3.33. The normalized spacial score (nSPS) is 11.2. The molecule has 0 atom stereocenters. The molecule has 4 aromatic heterocycles. The molecule has 0 unspecified atom stereocenters. The van der Waals surface area contributed by atoms with Crippen LogP contribution in [0.25, 0.3) is 16.8 Å². The second kappa shape index (κ2) is 4.30. The number of H-pyrrole nitrogens is 1. The molecule has 0 aliphatic rings. The van der Waals surface area contributed by atoms with E-state index >= 15 is 0 Å². The van der Waals surface area contributed by atoms with Crippen molar-refractivity contribution in [1.29, 1.82) is 0 Å². The lowest BCUT2D eigenvalue weighted by Gasteiger charge is -2.03. The van der Waals surface area contributed by atoms with Crippen molar-refractivity contribution in [2.45, 2.75) is 6.54 Å². The minimum atomic E-state index is 0.590. The van der Waals surface area contributed by atoms with Crippen LogP contribution in [0.5, 0.6) is 0 Å². The van der Waals surface area contributed by atoms with Crippen LogP contribution in [0.4, 0.5) is 5.82 Å². The topological polar surface area (TPSA) is 83.8 Å². The van der Waals surface area contributed by atoms with Crippen molar-refractivity contribution in [2.75, 3.05) is 5.32 Å². The van der Waals surface area contributed by atoms with Gasteiger partial charge in [0.05, 0.1) is 18.6 Å². The van der Waals surface area contributed by atoms with E-state index in [2.05, 4.69) is 30.2 Å². The lowest BCUT2D eigenvalue weighted by molar-refractivity contribution is 1.05. The van der Waals surface area contributed by atoms with E-state index in [-0.39, 0.29) is 0 Å². The fraction of sp³-hybridized carbons (Fsp3) is 0.0769. The van der Waals surface area contributed by atoms with Gasteiger partial charge < -0.3 is 14.7 Å². The number of fused-ring (bicyclic) bond motifs is 2. The smallest absolute Gasteiger partial charge is 0.182 e. The van der Waals surface area contributed by atoms with Crippen molar-refractivity contribution < 1.29 is 0 Å². The molecular weight excluding hydrogens is 254 g/mol. The molecule has 7 nitrogen and oxygen atoms in total. The third kappa shape index (κ3) is 1.76. The fourth-order valence-corrected chi connectivity index (χ4v) is 2.15. The van der Waals surface area contributed by atoms with Gasteiger partial charge in [0.15, 0.2) is 11.5 Å². The molecule has 0 fully saturated rings. The first-order chi connectivity index (χ1) is 9.90. The van der Waals surface area contributed by atoms with Gasteiger partial charge >= 0.3 is 0 Å². The lowest BCUT2D eigenvalue weighted by Crippen LogP contribution is -2.02. The minimum absolute atomic E-state index is 0.590. The van der Waals surface area contributed by atoms with Crippen LogP contribution >= 0.6 is 0 Å². The standard InChI is InChI=1S/C13H11N7/c1-2-4-20-6-9(19-10(20)3-1)5-14-12-11-13(16-7-15-11)18-8-17-12/h1-4,6-8H,5H2,(H2,14,15,16,17,18). The third-order valence-electron chi connectivity index (χ3n) is 3.07. The second-order valence-electron chi connectivity index (χ2n) is 4.38. The zero-order chi connectivity index (χ0) is 13.4. The Bertz CT molecular complexity index is 843. The summed E-state index contributed by atoms with van der Waals surface area (Å²) >= 11 is 0. The Morgan fingerprint density at radius 3 is 3.15 bits per heavy atom.